The van der Waals surface area contributed by atoms with Crippen molar-refractivity contribution in [1.29, 1.82) is 0 Å². The quantitative estimate of drug-likeness (QED) is 0.549. The van der Waals surface area contributed by atoms with Gasteiger partial charge >= 0.3 is 0 Å². The van der Waals surface area contributed by atoms with Crippen LogP contribution in [0.2, 0.25) is 0 Å². The molecular weight excluding hydrogens is 196 g/mol. The highest BCUT2D eigenvalue weighted by Crippen LogP contribution is 2.09. The Balaban J connectivity index is 2.68. The molecule has 0 saturated heterocycles. The van der Waals surface area contributed by atoms with Gasteiger partial charge in [0, 0.05) is 0 Å². The Morgan fingerprint density at radius 2 is 2.00 bits per heavy atom. The summed E-state index contributed by atoms with van der Waals surface area (Å²) in [4.78, 5) is 10.3. The first-order valence-corrected chi connectivity index (χ1v) is 5.01. The van der Waals surface area contributed by atoms with Gasteiger partial charge in [-0.15, -0.1) is 11.6 Å². The Morgan fingerprint density at radius 1 is 1.36 bits per heavy atom. The van der Waals surface area contributed by atoms with Gasteiger partial charge in [-0.2, -0.15) is 0 Å². The molecule has 0 aromatic heterocycles. The largest absolute Gasteiger partial charge is 0.302 e. The molecule has 1 rings (SSSR count). The van der Waals surface area contributed by atoms with E-state index in [2.05, 4.69) is 0 Å². The van der Waals surface area contributed by atoms with Crippen molar-refractivity contribution in [3.8, 4) is 0 Å². The topological polar surface area (TPSA) is 17.1 Å². The van der Waals surface area contributed by atoms with Crippen molar-refractivity contribution in [2.45, 2.75) is 18.7 Å². The second-order valence-corrected chi connectivity index (χ2v) is 3.66. The van der Waals surface area contributed by atoms with Crippen LogP contribution in [0.4, 0.5) is 0 Å². The molecule has 0 bridgehead atoms. The van der Waals surface area contributed by atoms with E-state index >= 15 is 0 Å². The Labute approximate surface area is 89.4 Å². The molecule has 0 spiro atoms. The van der Waals surface area contributed by atoms with Crippen LogP contribution in [-0.2, 0) is 11.2 Å². The number of halogens is 1. The zero-order valence-electron chi connectivity index (χ0n) is 8.11. The summed E-state index contributed by atoms with van der Waals surface area (Å²) in [5.74, 6) is 0. The van der Waals surface area contributed by atoms with Crippen LogP contribution in [0.15, 0.2) is 30.3 Å². The normalized spacial score (nSPS) is 13.0. The van der Waals surface area contributed by atoms with Crippen LogP contribution in [0, 0.1) is 0 Å². The van der Waals surface area contributed by atoms with Gasteiger partial charge in [-0.05, 0) is 24.5 Å². The van der Waals surface area contributed by atoms with Gasteiger partial charge in [-0.1, -0.05) is 36.4 Å². The summed E-state index contributed by atoms with van der Waals surface area (Å²) in [6, 6.07) is 8.02. The first kappa shape index (κ1) is 11.0. The van der Waals surface area contributed by atoms with Crippen LogP contribution in [0.5, 0.6) is 0 Å². The summed E-state index contributed by atoms with van der Waals surface area (Å²) >= 11 is 5.72. The molecule has 0 aliphatic carbocycles. The maximum atomic E-state index is 10.3. The van der Waals surface area contributed by atoms with E-state index in [4.69, 9.17) is 11.6 Å². The smallest absolute Gasteiger partial charge is 0.138 e. The van der Waals surface area contributed by atoms with Gasteiger partial charge in [0.05, 0.1) is 5.38 Å². The molecule has 1 atom stereocenters. The summed E-state index contributed by atoms with van der Waals surface area (Å²) in [5, 5.41) is -0.414. The van der Waals surface area contributed by atoms with Crippen LogP contribution in [0.3, 0.4) is 0 Å². The lowest BCUT2D eigenvalue weighted by molar-refractivity contribution is -0.107. The number of carbonyl (C=O) groups excluding carboxylic acids is 1. The third-order valence-electron chi connectivity index (χ3n) is 1.92. The van der Waals surface area contributed by atoms with Crippen molar-refractivity contribution in [2.75, 3.05) is 0 Å². The molecule has 0 radical (unpaired) electrons. The van der Waals surface area contributed by atoms with E-state index in [1.807, 2.05) is 43.3 Å². The van der Waals surface area contributed by atoms with Gasteiger partial charge in [0.1, 0.15) is 6.29 Å². The van der Waals surface area contributed by atoms with Gasteiger partial charge in [0.25, 0.3) is 0 Å². The van der Waals surface area contributed by atoms with E-state index < -0.39 is 5.38 Å². The van der Waals surface area contributed by atoms with Gasteiger partial charge in [-0.25, -0.2) is 0 Å². The molecule has 0 amide bonds. The molecule has 0 saturated carbocycles. The summed E-state index contributed by atoms with van der Waals surface area (Å²) < 4.78 is 0. The van der Waals surface area contributed by atoms with Crippen molar-refractivity contribution >= 4 is 24.0 Å². The molecule has 0 heterocycles. The van der Waals surface area contributed by atoms with Crippen LogP contribution in [0.25, 0.3) is 6.08 Å². The van der Waals surface area contributed by atoms with Crippen molar-refractivity contribution in [1.82, 2.24) is 0 Å². The van der Waals surface area contributed by atoms with E-state index in [1.54, 1.807) is 0 Å². The Morgan fingerprint density at radius 3 is 2.50 bits per heavy atom. The predicted octanol–water partition coefficient (Wildman–Crippen LogP) is 3.07. The van der Waals surface area contributed by atoms with Crippen molar-refractivity contribution in [3.05, 3.63) is 41.5 Å². The van der Waals surface area contributed by atoms with E-state index in [0.29, 0.717) is 6.42 Å². The molecular formula is C12H13ClO. The fraction of sp³-hybridized carbons (Fsp3) is 0.250. The minimum absolute atomic E-state index is 0.414. The predicted molar refractivity (Wildman–Crippen MR) is 60.6 cm³/mol. The number of hydrogen-bond donors (Lipinski definition) is 0. The lowest BCUT2D eigenvalue weighted by atomic mass is 10.1. The third-order valence-corrected chi connectivity index (χ3v) is 2.17. The average Bonchev–Trinajstić information content (AvgIpc) is 2.21. The SMILES string of the molecule is CC=Cc1ccc(CC(Cl)C=O)cc1. The Hall–Kier alpha value is -1.08. The highest BCUT2D eigenvalue weighted by Gasteiger charge is 2.02. The summed E-state index contributed by atoms with van der Waals surface area (Å²) in [6.07, 6.45) is 5.38. The van der Waals surface area contributed by atoms with E-state index in [1.165, 1.54) is 0 Å². The fourth-order valence-electron chi connectivity index (χ4n) is 1.23. The monoisotopic (exact) mass is 208 g/mol. The molecule has 0 N–H and O–H groups in total. The summed E-state index contributed by atoms with van der Waals surface area (Å²) in [7, 11) is 0. The summed E-state index contributed by atoms with van der Waals surface area (Å²) in [5.41, 5.74) is 2.25. The van der Waals surface area contributed by atoms with Crippen LogP contribution in [0.1, 0.15) is 18.1 Å². The zero-order chi connectivity index (χ0) is 10.4. The third kappa shape index (κ3) is 3.35. The van der Waals surface area contributed by atoms with Crippen molar-refractivity contribution in [2.24, 2.45) is 0 Å². The molecule has 74 valence electrons. The lowest BCUT2D eigenvalue weighted by Gasteiger charge is -2.02. The van der Waals surface area contributed by atoms with Crippen LogP contribution < -0.4 is 0 Å². The molecule has 1 nitrogen and oxygen atoms in total. The molecule has 1 unspecified atom stereocenters. The number of hydrogen-bond acceptors (Lipinski definition) is 1. The Kier molecular flexibility index (Phi) is 4.41. The van der Waals surface area contributed by atoms with E-state index in [0.717, 1.165) is 17.4 Å². The molecule has 0 fully saturated rings. The standard InChI is InChI=1S/C12H13ClO/c1-2-3-10-4-6-11(7-5-10)8-12(13)9-14/h2-7,9,12H,8H2,1H3. The first-order chi connectivity index (χ1) is 6.76. The van der Waals surface area contributed by atoms with E-state index in [-0.39, 0.29) is 0 Å². The van der Waals surface area contributed by atoms with Gasteiger partial charge < -0.3 is 4.79 Å². The van der Waals surface area contributed by atoms with Gasteiger partial charge in [0.2, 0.25) is 0 Å². The molecule has 0 aliphatic heterocycles. The minimum Gasteiger partial charge on any atom is -0.302 e. The van der Waals surface area contributed by atoms with Gasteiger partial charge in [-0.3, -0.25) is 0 Å². The van der Waals surface area contributed by atoms with Crippen LogP contribution >= 0.6 is 11.6 Å². The number of rotatable bonds is 4. The number of allylic oxidation sites excluding steroid dienone is 1. The highest BCUT2D eigenvalue weighted by atomic mass is 35.5. The molecule has 1 aromatic carbocycles. The minimum atomic E-state index is -0.414. The fourth-order valence-corrected chi connectivity index (χ4v) is 1.41. The number of aldehydes is 1. The maximum absolute atomic E-state index is 10.3. The lowest BCUT2D eigenvalue weighted by Crippen LogP contribution is -2.03. The first-order valence-electron chi connectivity index (χ1n) is 4.57. The van der Waals surface area contributed by atoms with E-state index in [9.17, 15) is 4.79 Å². The highest BCUT2D eigenvalue weighted by molar-refractivity contribution is 6.27. The molecule has 1 aromatic rings. The van der Waals surface area contributed by atoms with Crippen molar-refractivity contribution < 1.29 is 4.79 Å². The number of benzene rings is 1. The van der Waals surface area contributed by atoms with Gasteiger partial charge in [0.15, 0.2) is 0 Å². The summed E-state index contributed by atoms with van der Waals surface area (Å²) in [6.45, 7) is 1.98. The molecule has 2 heteroatoms. The Bertz CT molecular complexity index is 314. The molecule has 14 heavy (non-hydrogen) atoms. The van der Waals surface area contributed by atoms with Crippen LogP contribution in [-0.4, -0.2) is 11.7 Å². The maximum Gasteiger partial charge on any atom is 0.138 e. The molecule has 0 aliphatic rings. The van der Waals surface area contributed by atoms with Crippen molar-refractivity contribution in [3.63, 3.8) is 0 Å². The zero-order valence-corrected chi connectivity index (χ0v) is 8.87. The second-order valence-electron chi connectivity index (χ2n) is 3.10. The average molecular weight is 209 g/mol. The number of carbonyl (C=O) groups is 1. The number of alkyl halides is 1. The second kappa shape index (κ2) is 5.61.